The summed E-state index contributed by atoms with van der Waals surface area (Å²) in [6, 6.07) is 12.5. The number of hydrogen-bond acceptors (Lipinski definition) is 1. The molecule has 2 nitrogen and oxygen atoms in total. The highest BCUT2D eigenvalue weighted by molar-refractivity contribution is 7.41. The van der Waals surface area contributed by atoms with Gasteiger partial charge in [0.25, 0.3) is 0 Å². The minimum Gasteiger partial charge on any atom is -0.347 e. The van der Waals surface area contributed by atoms with Gasteiger partial charge in [0.05, 0.1) is 0 Å². The van der Waals surface area contributed by atoms with Crippen molar-refractivity contribution in [3.8, 4) is 0 Å². The highest BCUT2D eigenvalue weighted by Gasteiger charge is 2.10. The van der Waals surface area contributed by atoms with E-state index in [0.717, 1.165) is 16.3 Å². The summed E-state index contributed by atoms with van der Waals surface area (Å²) in [6.07, 6.45) is 0. The topological polar surface area (TPSA) is 37.3 Å². The lowest BCUT2D eigenvalue weighted by Gasteiger charge is -2.09. The van der Waals surface area contributed by atoms with Gasteiger partial charge in [-0.05, 0) is 16.5 Å². The Balaban J connectivity index is 0.000000249. The van der Waals surface area contributed by atoms with Gasteiger partial charge in [-0.2, -0.15) is 0 Å². The van der Waals surface area contributed by atoms with Crippen molar-refractivity contribution in [2.24, 2.45) is 5.92 Å². The minimum absolute atomic E-state index is 0.111. The molecule has 0 aliphatic heterocycles. The molecule has 1 N–H and O–H groups in total. The van der Waals surface area contributed by atoms with E-state index in [1.807, 2.05) is 44.2 Å². The van der Waals surface area contributed by atoms with Crippen LogP contribution in [0.5, 0.6) is 0 Å². The third-order valence-electron chi connectivity index (χ3n) is 2.00. The van der Waals surface area contributed by atoms with Crippen LogP contribution in [0, 0.1) is 12.0 Å². The van der Waals surface area contributed by atoms with Crippen LogP contribution >= 0.6 is 8.03 Å². The van der Waals surface area contributed by atoms with Gasteiger partial charge in [0.15, 0.2) is 8.03 Å². The summed E-state index contributed by atoms with van der Waals surface area (Å²) in [7, 11) is -2.20. The molecule has 1 rings (SSSR count). The van der Waals surface area contributed by atoms with Crippen LogP contribution in [-0.4, -0.2) is 25.7 Å². The molecule has 1 aromatic rings. The summed E-state index contributed by atoms with van der Waals surface area (Å²) in [5.41, 5.74) is 0. The smallest absolute Gasteiger partial charge is 0.231 e. The third kappa shape index (κ3) is 7.36. The molecule has 14 heavy (non-hydrogen) atoms. The molecule has 0 bridgehead atoms. The van der Waals surface area contributed by atoms with Crippen LogP contribution in [0.15, 0.2) is 30.3 Å². The van der Waals surface area contributed by atoms with Crippen molar-refractivity contribution in [3.05, 3.63) is 36.4 Å². The summed E-state index contributed by atoms with van der Waals surface area (Å²) in [6.45, 7) is 3.97. The molecule has 0 fully saturated rings. The Kier molecular flexibility index (Phi) is 8.23. The molecular formula is C10H17AlO2P. The summed E-state index contributed by atoms with van der Waals surface area (Å²) in [5, 5.41) is 0. The van der Waals surface area contributed by atoms with Crippen LogP contribution in [0.2, 0.25) is 0 Å². The highest BCUT2D eigenvalue weighted by Crippen LogP contribution is 2.25. The van der Waals surface area contributed by atoms with Crippen LogP contribution in [-0.2, 0) is 4.57 Å². The fraction of sp³-hybridized carbons (Fsp3) is 0.400. The lowest BCUT2D eigenvalue weighted by molar-refractivity contribution is 0.487. The van der Waals surface area contributed by atoms with Crippen LogP contribution in [0.1, 0.15) is 13.8 Å². The molecule has 77 valence electrons. The Morgan fingerprint density at radius 2 is 1.79 bits per heavy atom. The fourth-order valence-electron chi connectivity index (χ4n) is 0.627. The predicted octanol–water partition coefficient (Wildman–Crippen LogP) is 1.56. The van der Waals surface area contributed by atoms with Gasteiger partial charge in [-0.15, -0.1) is 0 Å². The van der Waals surface area contributed by atoms with Crippen LogP contribution in [0.4, 0.5) is 0 Å². The summed E-state index contributed by atoms with van der Waals surface area (Å²) >= 11 is 0.841. The maximum absolute atomic E-state index is 10.4. The van der Waals surface area contributed by atoms with Crippen molar-refractivity contribution in [2.75, 3.05) is 0 Å². The van der Waals surface area contributed by atoms with Crippen molar-refractivity contribution in [1.29, 1.82) is 0 Å². The molecule has 0 heterocycles. The normalized spacial score (nSPS) is 14.0. The second kappa shape index (κ2) is 8.27. The third-order valence-corrected chi connectivity index (χ3v) is 6.26. The van der Waals surface area contributed by atoms with Gasteiger partial charge in [-0.1, -0.05) is 44.2 Å². The van der Waals surface area contributed by atoms with E-state index in [2.05, 4.69) is 6.07 Å². The fourth-order valence-corrected chi connectivity index (χ4v) is 1.20. The zero-order valence-corrected chi connectivity index (χ0v) is 11.9. The van der Waals surface area contributed by atoms with E-state index < -0.39 is 8.03 Å². The molecule has 0 spiro atoms. The van der Waals surface area contributed by atoms with Crippen molar-refractivity contribution >= 4 is 24.3 Å². The van der Waals surface area contributed by atoms with Crippen molar-refractivity contribution < 1.29 is 9.46 Å². The standard InChI is InChI=1S/C6H5.C4H10O2P.Al.2H/c1-2-4-6-5-3-1;1-4(2)3-7(5)6;;;/h1-5H;3-4,7H,1-2H3,(H,5,6);;;. The average molecular weight is 227 g/mol. The Morgan fingerprint density at radius 1 is 1.29 bits per heavy atom. The first-order valence-electron chi connectivity index (χ1n) is 4.69. The molecule has 0 amide bonds. The molecule has 4 heteroatoms. The molecule has 2 atom stereocenters. The van der Waals surface area contributed by atoms with Gasteiger partial charge in [0.1, 0.15) is 0 Å². The Morgan fingerprint density at radius 3 is 1.86 bits per heavy atom. The lowest BCUT2D eigenvalue weighted by Crippen LogP contribution is -2.09. The Bertz CT molecular complexity index is 225. The van der Waals surface area contributed by atoms with Crippen molar-refractivity contribution in [2.45, 2.75) is 18.4 Å². The maximum atomic E-state index is 10.4. The van der Waals surface area contributed by atoms with E-state index in [4.69, 9.17) is 4.89 Å². The summed E-state index contributed by atoms with van der Waals surface area (Å²) in [5.74, 6) is 0.387. The first-order chi connectivity index (χ1) is 6.55. The Labute approximate surface area is 94.6 Å². The molecule has 0 saturated carbocycles. The molecular weight excluding hydrogens is 210 g/mol. The first-order valence-corrected chi connectivity index (χ1v) is 7.28. The molecule has 1 radical (unpaired) electrons. The SMILES string of the molecule is CC(C)[CH]([AlH2])[PH](=O)O.[c]1ccccc1. The maximum Gasteiger partial charge on any atom is 0.231 e. The number of rotatable bonds is 2. The Hall–Kier alpha value is -0.0575. The van der Waals surface area contributed by atoms with E-state index in [9.17, 15) is 4.57 Å². The number of benzene rings is 1. The van der Waals surface area contributed by atoms with E-state index >= 15 is 0 Å². The average Bonchev–Trinajstić information content (AvgIpc) is 2.20. The summed E-state index contributed by atoms with van der Waals surface area (Å²) < 4.78 is 10.5. The van der Waals surface area contributed by atoms with Crippen LogP contribution < -0.4 is 0 Å². The van der Waals surface area contributed by atoms with Gasteiger partial charge in [0.2, 0.25) is 16.3 Å². The summed E-state index contributed by atoms with van der Waals surface area (Å²) in [4.78, 5) is 8.57. The monoisotopic (exact) mass is 227 g/mol. The molecule has 2 unspecified atom stereocenters. The molecule has 1 aromatic carbocycles. The van der Waals surface area contributed by atoms with E-state index in [-0.39, 0.29) is 4.52 Å². The van der Waals surface area contributed by atoms with Gasteiger partial charge >= 0.3 is 0 Å². The largest absolute Gasteiger partial charge is 0.347 e. The quantitative estimate of drug-likeness (QED) is 0.615. The van der Waals surface area contributed by atoms with Gasteiger partial charge in [-0.25, -0.2) is 0 Å². The second-order valence-corrected chi connectivity index (χ2v) is 7.43. The van der Waals surface area contributed by atoms with Gasteiger partial charge in [-0.3, -0.25) is 4.57 Å². The zero-order chi connectivity index (χ0) is 11.0. The first kappa shape index (κ1) is 13.9. The number of hydrogen-bond donors (Lipinski definition) is 1. The highest BCUT2D eigenvalue weighted by atomic mass is 31.1. The van der Waals surface area contributed by atoms with Gasteiger partial charge in [0, 0.05) is 0 Å². The second-order valence-electron chi connectivity index (χ2n) is 3.45. The molecule has 0 aliphatic rings. The zero-order valence-electron chi connectivity index (χ0n) is 8.90. The van der Waals surface area contributed by atoms with Crippen molar-refractivity contribution in [1.82, 2.24) is 0 Å². The lowest BCUT2D eigenvalue weighted by atomic mass is 10.3. The molecule has 0 saturated heterocycles. The van der Waals surface area contributed by atoms with E-state index in [0.29, 0.717) is 5.92 Å². The van der Waals surface area contributed by atoms with Gasteiger partial charge < -0.3 is 4.89 Å². The predicted molar refractivity (Wildman–Crippen MR) is 63.7 cm³/mol. The van der Waals surface area contributed by atoms with Crippen LogP contribution in [0.25, 0.3) is 0 Å². The molecule has 0 aromatic heterocycles. The van der Waals surface area contributed by atoms with E-state index in [1.165, 1.54) is 0 Å². The molecule has 0 aliphatic carbocycles. The minimum atomic E-state index is -2.20. The van der Waals surface area contributed by atoms with E-state index in [1.54, 1.807) is 0 Å². The van der Waals surface area contributed by atoms with Crippen molar-refractivity contribution in [3.63, 3.8) is 0 Å². The van der Waals surface area contributed by atoms with Crippen LogP contribution in [0.3, 0.4) is 0 Å².